The highest BCUT2D eigenvalue weighted by atomic mass is 35.5. The van der Waals surface area contributed by atoms with Crippen molar-refractivity contribution < 1.29 is 19.2 Å². The van der Waals surface area contributed by atoms with Gasteiger partial charge in [0.15, 0.2) is 11.5 Å². The molecule has 0 heterocycles. The number of nitrogens with one attached hydrogen (secondary N) is 1. The summed E-state index contributed by atoms with van der Waals surface area (Å²) in [6.45, 7) is 0. The Balaban J connectivity index is 2.08. The normalized spacial score (nSPS) is 10.5. The number of carbonyl (C=O) groups is 1. The van der Waals surface area contributed by atoms with E-state index in [9.17, 15) is 14.9 Å². The molecule has 25 heavy (non-hydrogen) atoms. The topological polar surface area (TPSA) is 103 Å². The van der Waals surface area contributed by atoms with Gasteiger partial charge >= 0.3 is 0 Å². The van der Waals surface area contributed by atoms with E-state index in [1.165, 1.54) is 44.7 Å². The van der Waals surface area contributed by atoms with E-state index >= 15 is 0 Å². The minimum atomic E-state index is -0.541. The Kier molecular flexibility index (Phi) is 5.91. The zero-order chi connectivity index (χ0) is 18.4. The second-order valence-corrected chi connectivity index (χ2v) is 5.15. The van der Waals surface area contributed by atoms with Crippen molar-refractivity contribution in [2.75, 3.05) is 14.2 Å². The number of ether oxygens (including phenoxy) is 2. The summed E-state index contributed by atoms with van der Waals surface area (Å²) in [6, 6.07) is 8.42. The van der Waals surface area contributed by atoms with Crippen LogP contribution in [0.5, 0.6) is 11.5 Å². The van der Waals surface area contributed by atoms with E-state index in [2.05, 4.69) is 10.5 Å². The minimum Gasteiger partial charge on any atom is -0.493 e. The van der Waals surface area contributed by atoms with Gasteiger partial charge < -0.3 is 9.47 Å². The van der Waals surface area contributed by atoms with Gasteiger partial charge in [0, 0.05) is 17.7 Å². The van der Waals surface area contributed by atoms with Crippen molar-refractivity contribution in [2.45, 2.75) is 0 Å². The van der Waals surface area contributed by atoms with E-state index < -0.39 is 10.8 Å². The van der Waals surface area contributed by atoms with Crippen LogP contribution in [-0.4, -0.2) is 31.3 Å². The number of nitro groups is 1. The summed E-state index contributed by atoms with van der Waals surface area (Å²) in [5, 5.41) is 14.8. The van der Waals surface area contributed by atoms with Gasteiger partial charge in [0.1, 0.15) is 0 Å². The fourth-order valence-electron chi connectivity index (χ4n) is 1.98. The highest BCUT2D eigenvalue weighted by Crippen LogP contribution is 2.35. The maximum atomic E-state index is 11.9. The molecule has 0 spiro atoms. The molecule has 9 heteroatoms. The van der Waals surface area contributed by atoms with Crippen molar-refractivity contribution >= 4 is 29.4 Å². The lowest BCUT2D eigenvalue weighted by molar-refractivity contribution is -0.384. The van der Waals surface area contributed by atoms with E-state index in [0.717, 1.165) is 0 Å². The molecule has 8 nitrogen and oxygen atoms in total. The Hall–Kier alpha value is -3.13. The predicted octanol–water partition coefficient (Wildman–Crippen LogP) is 3.03. The summed E-state index contributed by atoms with van der Waals surface area (Å²) in [5.74, 6) is 0.326. The van der Waals surface area contributed by atoms with Gasteiger partial charge in [-0.3, -0.25) is 14.9 Å². The molecule has 2 aromatic carbocycles. The van der Waals surface area contributed by atoms with E-state index in [-0.39, 0.29) is 11.3 Å². The quantitative estimate of drug-likeness (QED) is 0.482. The monoisotopic (exact) mass is 363 g/mol. The Bertz CT molecular complexity index is 821. The maximum absolute atomic E-state index is 11.9. The van der Waals surface area contributed by atoms with Crippen LogP contribution in [0.2, 0.25) is 5.02 Å². The second kappa shape index (κ2) is 8.11. The van der Waals surface area contributed by atoms with Crippen LogP contribution in [0.3, 0.4) is 0 Å². The first-order valence-corrected chi connectivity index (χ1v) is 7.33. The highest BCUT2D eigenvalue weighted by molar-refractivity contribution is 6.32. The van der Waals surface area contributed by atoms with Crippen molar-refractivity contribution in [2.24, 2.45) is 5.10 Å². The number of hydrazone groups is 1. The predicted molar refractivity (Wildman–Crippen MR) is 92.7 cm³/mol. The van der Waals surface area contributed by atoms with Crippen molar-refractivity contribution in [1.29, 1.82) is 0 Å². The number of amides is 1. The van der Waals surface area contributed by atoms with Gasteiger partial charge in [-0.2, -0.15) is 5.10 Å². The number of carbonyl (C=O) groups excluding carboxylic acids is 1. The van der Waals surface area contributed by atoms with Crippen LogP contribution in [0.1, 0.15) is 15.9 Å². The van der Waals surface area contributed by atoms with Crippen LogP contribution in [0, 0.1) is 10.1 Å². The van der Waals surface area contributed by atoms with E-state index in [1.807, 2.05) is 0 Å². The van der Waals surface area contributed by atoms with Crippen LogP contribution in [0.25, 0.3) is 0 Å². The lowest BCUT2D eigenvalue weighted by atomic mass is 10.2. The number of methoxy groups -OCH3 is 2. The number of rotatable bonds is 6. The van der Waals surface area contributed by atoms with Gasteiger partial charge in [-0.15, -0.1) is 0 Å². The second-order valence-electron chi connectivity index (χ2n) is 4.74. The number of non-ortho nitro benzene ring substituents is 1. The Morgan fingerprint density at radius 2 is 1.92 bits per heavy atom. The average molecular weight is 364 g/mol. The van der Waals surface area contributed by atoms with Crippen molar-refractivity contribution in [3.63, 3.8) is 0 Å². The summed E-state index contributed by atoms with van der Waals surface area (Å²) >= 11 is 6.08. The van der Waals surface area contributed by atoms with Crippen LogP contribution < -0.4 is 14.9 Å². The number of nitro benzene ring substituents is 1. The molecule has 1 amide bonds. The summed E-state index contributed by atoms with van der Waals surface area (Å²) in [7, 11) is 2.95. The lowest BCUT2D eigenvalue weighted by Gasteiger charge is -2.09. The molecule has 0 aliphatic carbocycles. The summed E-state index contributed by atoms with van der Waals surface area (Å²) < 4.78 is 10.3. The largest absolute Gasteiger partial charge is 0.493 e. The summed E-state index contributed by atoms with van der Waals surface area (Å²) in [6.07, 6.45) is 1.39. The molecule has 0 aliphatic rings. The van der Waals surface area contributed by atoms with Crippen molar-refractivity contribution in [3.05, 3.63) is 62.7 Å². The molecule has 0 saturated carbocycles. The Labute approximate surface area is 148 Å². The number of halogens is 1. The third-order valence-electron chi connectivity index (χ3n) is 3.18. The minimum absolute atomic E-state index is 0.0972. The van der Waals surface area contributed by atoms with Crippen LogP contribution in [-0.2, 0) is 0 Å². The molecule has 0 radical (unpaired) electrons. The van der Waals surface area contributed by atoms with Gasteiger partial charge in [0.2, 0.25) is 0 Å². The van der Waals surface area contributed by atoms with E-state index in [1.54, 1.807) is 12.1 Å². The van der Waals surface area contributed by atoms with E-state index in [0.29, 0.717) is 22.1 Å². The summed E-state index contributed by atoms with van der Waals surface area (Å²) in [4.78, 5) is 22.0. The fourth-order valence-corrected chi connectivity index (χ4v) is 2.27. The maximum Gasteiger partial charge on any atom is 0.271 e. The average Bonchev–Trinajstić information content (AvgIpc) is 2.61. The Morgan fingerprint density at radius 1 is 1.24 bits per heavy atom. The third-order valence-corrected chi connectivity index (χ3v) is 3.46. The third kappa shape index (κ3) is 4.45. The van der Waals surface area contributed by atoms with Gasteiger partial charge in [-0.05, 0) is 29.8 Å². The molecule has 0 saturated heterocycles. The molecule has 0 atom stereocenters. The molecule has 1 N–H and O–H groups in total. The molecule has 130 valence electrons. The molecule has 2 aromatic rings. The first-order chi connectivity index (χ1) is 12.0. The number of hydrogen-bond acceptors (Lipinski definition) is 6. The first kappa shape index (κ1) is 18.2. The van der Waals surface area contributed by atoms with Gasteiger partial charge in [0.05, 0.1) is 30.4 Å². The van der Waals surface area contributed by atoms with Gasteiger partial charge in [0.25, 0.3) is 11.6 Å². The molecule has 0 fully saturated rings. The van der Waals surface area contributed by atoms with E-state index in [4.69, 9.17) is 21.1 Å². The van der Waals surface area contributed by atoms with Crippen LogP contribution >= 0.6 is 11.6 Å². The van der Waals surface area contributed by atoms with Gasteiger partial charge in [-0.1, -0.05) is 11.6 Å². The molecular formula is C16H14ClN3O5. The van der Waals surface area contributed by atoms with Crippen molar-refractivity contribution in [1.82, 2.24) is 5.43 Å². The number of hydrogen-bond donors (Lipinski definition) is 1. The standard InChI is InChI=1S/C16H14ClN3O5/c1-24-14-8-10(7-13(17)15(14)25-2)9-18-19-16(21)11-3-5-12(6-4-11)20(22)23/h3-9H,1-2H3,(H,19,21)/b18-9+. The first-order valence-electron chi connectivity index (χ1n) is 6.95. The molecule has 0 aliphatic heterocycles. The smallest absolute Gasteiger partial charge is 0.271 e. The summed E-state index contributed by atoms with van der Waals surface area (Å²) in [5.41, 5.74) is 3.06. The highest BCUT2D eigenvalue weighted by Gasteiger charge is 2.11. The fraction of sp³-hybridized carbons (Fsp3) is 0.125. The van der Waals surface area contributed by atoms with Crippen molar-refractivity contribution in [3.8, 4) is 11.5 Å². The zero-order valence-corrected chi connectivity index (χ0v) is 14.1. The molecule has 2 rings (SSSR count). The SMILES string of the molecule is COc1cc(/C=N/NC(=O)c2ccc([N+](=O)[O-])cc2)cc(Cl)c1OC. The molecule has 0 aromatic heterocycles. The number of nitrogens with zero attached hydrogens (tertiary/aromatic N) is 2. The zero-order valence-electron chi connectivity index (χ0n) is 13.4. The van der Waals surface area contributed by atoms with Gasteiger partial charge in [-0.25, -0.2) is 5.43 Å². The van der Waals surface area contributed by atoms with Crippen LogP contribution in [0.15, 0.2) is 41.5 Å². The Morgan fingerprint density at radius 3 is 2.48 bits per heavy atom. The van der Waals surface area contributed by atoms with Crippen LogP contribution in [0.4, 0.5) is 5.69 Å². The molecule has 0 bridgehead atoms. The molecule has 0 unspecified atom stereocenters. The lowest BCUT2D eigenvalue weighted by Crippen LogP contribution is -2.17. The number of benzene rings is 2. The molecular weight excluding hydrogens is 350 g/mol.